The predicted molar refractivity (Wildman–Crippen MR) is 277 cm³/mol. The van der Waals surface area contributed by atoms with Gasteiger partial charge < -0.3 is 0 Å². The maximum absolute atomic E-state index is 14.4. The Hall–Kier alpha value is -6.38. The molecule has 3 heterocycles. The van der Waals surface area contributed by atoms with Crippen molar-refractivity contribution in [3.05, 3.63) is 175 Å². The molecule has 2 saturated carbocycles. The highest BCUT2D eigenvalue weighted by atomic mass is 32.1. The van der Waals surface area contributed by atoms with Crippen molar-refractivity contribution in [3.8, 4) is 0 Å². The van der Waals surface area contributed by atoms with Crippen LogP contribution in [0.2, 0.25) is 0 Å². The molecule has 2 spiro atoms. The maximum atomic E-state index is 14.4. The molecule has 0 atom stereocenters. The SMILES string of the molecule is O=C1C(=CC2=CC3=C(c4sc5c(sc6cc(C=C7C(=O)c8cc9cc%10ccccc%10cc9cc8C7=O)sc65)c4C34CCCCC4)C23CCCCC3)C(=O)c2cc3cc4ccccc4cc3cc21. The van der Waals surface area contributed by atoms with Gasteiger partial charge in [-0.1, -0.05) is 93.1 Å². The Morgan fingerprint density at radius 1 is 0.433 bits per heavy atom. The summed E-state index contributed by atoms with van der Waals surface area (Å²) in [5.74, 6) is -0.710. The van der Waals surface area contributed by atoms with E-state index in [1.165, 1.54) is 66.1 Å². The molecule has 0 saturated heterocycles. The first-order chi connectivity index (χ1) is 32.8. The summed E-state index contributed by atoms with van der Waals surface area (Å²) in [6.07, 6.45) is 17.6. The Kier molecular flexibility index (Phi) is 7.87. The van der Waals surface area contributed by atoms with Gasteiger partial charge in [0, 0.05) is 47.5 Å². The molecule has 0 aliphatic heterocycles. The molecule has 3 aromatic heterocycles. The van der Waals surface area contributed by atoms with Gasteiger partial charge in [0.25, 0.3) is 0 Å². The first kappa shape index (κ1) is 38.7. The van der Waals surface area contributed by atoms with Crippen LogP contribution in [-0.4, -0.2) is 23.1 Å². The van der Waals surface area contributed by atoms with E-state index in [-0.39, 0.29) is 39.5 Å². The van der Waals surface area contributed by atoms with Crippen LogP contribution in [0.15, 0.2) is 138 Å². The van der Waals surface area contributed by atoms with E-state index in [9.17, 15) is 19.2 Å². The topological polar surface area (TPSA) is 68.3 Å². The number of hydrogen-bond donors (Lipinski definition) is 0. The predicted octanol–water partition coefficient (Wildman–Crippen LogP) is 16.1. The summed E-state index contributed by atoms with van der Waals surface area (Å²) in [4.78, 5) is 59.2. The summed E-state index contributed by atoms with van der Waals surface area (Å²) in [5.41, 5.74) is 7.83. The van der Waals surface area contributed by atoms with Crippen LogP contribution in [0.5, 0.6) is 0 Å². The largest absolute Gasteiger partial charge is 0.288 e. The lowest BCUT2D eigenvalue weighted by atomic mass is 9.66. The van der Waals surface area contributed by atoms with Crippen molar-refractivity contribution in [3.63, 3.8) is 0 Å². The Morgan fingerprint density at radius 2 is 0.896 bits per heavy atom. The first-order valence-corrected chi connectivity index (χ1v) is 26.2. The molecule has 67 heavy (non-hydrogen) atoms. The standard InChI is InChI=1S/C60H40O4S3/c61-51-41-23-35-19-31-11-3-4-12-32(31)20-36(35)24-42(41)52(62)45(51)27-39-28-47-49(59(39)15-7-1-8-16-59)56-50(60(47)17-9-2-10-18-60)57-58(67-56)55-48(66-57)30-40(65-55)29-46-53(63)43-25-37-21-33-13-5-6-14-34(33)22-38(37)26-44(43)54(46)64/h3-6,11-14,19-30H,1-2,7-10,15-18H2. The summed E-state index contributed by atoms with van der Waals surface area (Å²) in [6, 6.07) is 34.8. The molecule has 0 amide bonds. The smallest absolute Gasteiger partial charge is 0.197 e. The molecule has 0 bridgehead atoms. The second kappa shape index (κ2) is 13.6. The third kappa shape index (κ3) is 5.17. The van der Waals surface area contributed by atoms with Crippen molar-refractivity contribution in [2.75, 3.05) is 0 Å². The molecule has 2 fully saturated rings. The van der Waals surface area contributed by atoms with E-state index in [1.807, 2.05) is 83.4 Å². The molecule has 7 heteroatoms. The van der Waals surface area contributed by atoms with Gasteiger partial charge in [0.1, 0.15) is 0 Å². The molecule has 6 aliphatic carbocycles. The average Bonchev–Trinajstić information content (AvgIpc) is 4.19. The van der Waals surface area contributed by atoms with Gasteiger partial charge in [-0.25, -0.2) is 0 Å². The highest BCUT2D eigenvalue weighted by molar-refractivity contribution is 7.39. The Morgan fingerprint density at radius 3 is 1.39 bits per heavy atom. The molecule has 0 unspecified atom stereocenters. The summed E-state index contributed by atoms with van der Waals surface area (Å²) in [5, 5.41) is 8.33. The number of benzene rings is 6. The van der Waals surface area contributed by atoms with E-state index < -0.39 is 0 Å². The molecule has 322 valence electrons. The zero-order valence-electron chi connectivity index (χ0n) is 36.5. The normalized spacial score (nSPS) is 19.4. The van der Waals surface area contributed by atoms with Gasteiger partial charge in [-0.15, -0.1) is 34.0 Å². The third-order valence-corrected chi connectivity index (χ3v) is 20.3. The summed E-state index contributed by atoms with van der Waals surface area (Å²) in [6.45, 7) is 0. The zero-order valence-corrected chi connectivity index (χ0v) is 38.9. The fourth-order valence-corrected chi connectivity index (χ4v) is 17.9. The first-order valence-electron chi connectivity index (χ1n) is 23.8. The van der Waals surface area contributed by atoms with E-state index in [1.54, 1.807) is 11.3 Å². The summed E-state index contributed by atoms with van der Waals surface area (Å²) < 4.78 is 5.15. The van der Waals surface area contributed by atoms with Crippen molar-refractivity contribution in [2.24, 2.45) is 5.41 Å². The molecule has 0 N–H and O–H groups in total. The van der Waals surface area contributed by atoms with Crippen molar-refractivity contribution < 1.29 is 19.2 Å². The van der Waals surface area contributed by atoms with Crippen LogP contribution in [-0.2, 0) is 5.41 Å². The number of Topliss-reactive ketones (excluding diaryl/α,β-unsaturated/α-hetero) is 4. The summed E-state index contributed by atoms with van der Waals surface area (Å²) in [7, 11) is 0. The highest BCUT2D eigenvalue weighted by Gasteiger charge is 2.57. The van der Waals surface area contributed by atoms with E-state index in [4.69, 9.17) is 0 Å². The van der Waals surface area contributed by atoms with Gasteiger partial charge in [0.05, 0.1) is 25.2 Å². The van der Waals surface area contributed by atoms with Gasteiger partial charge in [0.2, 0.25) is 0 Å². The van der Waals surface area contributed by atoms with E-state index in [0.29, 0.717) is 27.8 Å². The van der Waals surface area contributed by atoms with Crippen LogP contribution < -0.4 is 0 Å². The minimum Gasteiger partial charge on any atom is -0.288 e. The van der Waals surface area contributed by atoms with E-state index in [0.717, 1.165) is 92.1 Å². The van der Waals surface area contributed by atoms with Crippen LogP contribution in [0.25, 0.3) is 73.5 Å². The van der Waals surface area contributed by atoms with Crippen LogP contribution >= 0.6 is 34.0 Å². The molecular formula is C60H40O4S3. The number of hydrogen-bond acceptors (Lipinski definition) is 7. The van der Waals surface area contributed by atoms with Gasteiger partial charge in [-0.3, -0.25) is 19.2 Å². The molecular weight excluding hydrogens is 881 g/mol. The van der Waals surface area contributed by atoms with Gasteiger partial charge in [-0.05, 0) is 158 Å². The van der Waals surface area contributed by atoms with Crippen LogP contribution in [0.4, 0.5) is 0 Å². The number of rotatable bonds is 2. The number of carbonyl (C=O) groups excluding carboxylic acids is 4. The lowest BCUT2D eigenvalue weighted by Gasteiger charge is -2.38. The lowest BCUT2D eigenvalue weighted by Crippen LogP contribution is -2.28. The van der Waals surface area contributed by atoms with Crippen molar-refractivity contribution >= 4 is 131 Å². The Labute approximate surface area is 397 Å². The van der Waals surface area contributed by atoms with Gasteiger partial charge >= 0.3 is 0 Å². The average molecular weight is 921 g/mol. The molecule has 4 nitrogen and oxygen atoms in total. The third-order valence-electron chi connectivity index (χ3n) is 16.5. The Balaban J connectivity index is 0.826. The number of allylic oxidation sites excluding steroid dienone is 7. The number of carbonyl (C=O) groups is 4. The number of ketones is 4. The molecule has 6 aromatic carbocycles. The molecule has 9 aromatic rings. The summed E-state index contributed by atoms with van der Waals surface area (Å²) >= 11 is 5.52. The van der Waals surface area contributed by atoms with Crippen LogP contribution in [0.3, 0.4) is 0 Å². The van der Waals surface area contributed by atoms with Crippen LogP contribution in [0, 0.1) is 5.41 Å². The second-order valence-electron chi connectivity index (χ2n) is 19.9. The maximum Gasteiger partial charge on any atom is 0.197 e. The number of thiophene rings is 3. The minimum absolute atomic E-state index is 0.0973. The fourth-order valence-electron chi connectivity index (χ4n) is 13.3. The minimum atomic E-state index is -0.249. The second-order valence-corrected chi connectivity index (χ2v) is 23.1. The Bertz CT molecular complexity index is 3860. The molecule has 15 rings (SSSR count). The monoisotopic (exact) mass is 920 g/mol. The quantitative estimate of drug-likeness (QED) is 0.0984. The lowest BCUT2D eigenvalue weighted by molar-refractivity contribution is 0.0974. The van der Waals surface area contributed by atoms with E-state index in [2.05, 4.69) is 60.7 Å². The highest BCUT2D eigenvalue weighted by Crippen LogP contribution is 2.70. The molecule has 0 radical (unpaired) electrons. The van der Waals surface area contributed by atoms with Crippen molar-refractivity contribution in [1.29, 1.82) is 0 Å². The van der Waals surface area contributed by atoms with Gasteiger partial charge in [-0.2, -0.15) is 0 Å². The van der Waals surface area contributed by atoms with Crippen molar-refractivity contribution in [1.82, 2.24) is 0 Å². The van der Waals surface area contributed by atoms with Crippen molar-refractivity contribution in [2.45, 2.75) is 69.6 Å². The zero-order chi connectivity index (χ0) is 44.5. The van der Waals surface area contributed by atoms with Crippen LogP contribution in [0.1, 0.15) is 121 Å². The van der Waals surface area contributed by atoms with Gasteiger partial charge in [0.15, 0.2) is 23.1 Å². The number of fused-ring (bicyclic) bond motifs is 15. The fraction of sp³-hybridized carbons (Fsp3) is 0.200. The molecule has 6 aliphatic rings. The van der Waals surface area contributed by atoms with E-state index >= 15 is 0 Å².